The zero-order valence-electron chi connectivity index (χ0n) is 12.6. The first-order valence-electron chi connectivity index (χ1n) is 7.01. The third kappa shape index (κ3) is 5.14. The van der Waals surface area contributed by atoms with Gasteiger partial charge in [0.2, 0.25) is 5.91 Å². The topological polar surface area (TPSA) is 43.1 Å². The standard InChI is InChI=1S/C16H21FNO.2CH2/c17-14-8-6-13(7-9-14)16(12-15(18)19)10-4-2-1-3-5-11-16;;/h6-10H,1-5,11-12H2,(H2,18,19);2*1H2. The summed E-state index contributed by atoms with van der Waals surface area (Å²) in [5.41, 5.74) is 6.14. The summed E-state index contributed by atoms with van der Waals surface area (Å²) in [7, 11) is 0. The highest BCUT2D eigenvalue weighted by Gasteiger charge is 2.34. The Morgan fingerprint density at radius 1 is 1.10 bits per heavy atom. The van der Waals surface area contributed by atoms with Crippen molar-refractivity contribution < 1.29 is 9.18 Å². The maximum atomic E-state index is 13.1. The van der Waals surface area contributed by atoms with Crippen molar-refractivity contribution in [2.24, 2.45) is 5.73 Å². The number of primary amides is 1. The van der Waals surface area contributed by atoms with Gasteiger partial charge in [-0.15, -0.1) is 0 Å². The smallest absolute Gasteiger partial charge is 0.218 e. The molecule has 1 fully saturated rings. The van der Waals surface area contributed by atoms with E-state index in [0.29, 0.717) is 6.42 Å². The van der Waals surface area contributed by atoms with Crippen molar-refractivity contribution in [3.8, 4) is 0 Å². The molecule has 1 saturated carbocycles. The van der Waals surface area contributed by atoms with E-state index in [1.54, 1.807) is 12.1 Å². The van der Waals surface area contributed by atoms with Gasteiger partial charge in [0.15, 0.2) is 0 Å². The minimum Gasteiger partial charge on any atom is -0.370 e. The van der Waals surface area contributed by atoms with E-state index in [1.807, 2.05) is 0 Å². The predicted octanol–water partition coefficient (Wildman–Crippen LogP) is 4.15. The molecule has 0 heterocycles. The van der Waals surface area contributed by atoms with Crippen LogP contribution < -0.4 is 5.73 Å². The first-order valence-corrected chi connectivity index (χ1v) is 7.01. The molecule has 0 bridgehead atoms. The van der Waals surface area contributed by atoms with Crippen molar-refractivity contribution in [2.45, 2.75) is 50.4 Å². The number of hydrogen-bond acceptors (Lipinski definition) is 1. The molecular formula is C18H25FNO. The Kier molecular flexibility index (Phi) is 8.23. The molecule has 1 aliphatic rings. The Balaban J connectivity index is 0.00000200. The Bertz CT molecular complexity index is 419. The quantitative estimate of drug-likeness (QED) is 0.892. The molecule has 1 unspecified atom stereocenters. The summed E-state index contributed by atoms with van der Waals surface area (Å²) in [4.78, 5) is 11.4. The average molecular weight is 290 g/mol. The van der Waals surface area contributed by atoms with Gasteiger partial charge in [-0.05, 0) is 37.0 Å². The number of rotatable bonds is 3. The summed E-state index contributed by atoms with van der Waals surface area (Å²) in [6, 6.07) is 6.50. The van der Waals surface area contributed by atoms with E-state index in [1.165, 1.54) is 25.0 Å². The Hall–Kier alpha value is -1.38. The van der Waals surface area contributed by atoms with Crippen molar-refractivity contribution in [3.63, 3.8) is 0 Å². The van der Waals surface area contributed by atoms with Crippen LogP contribution in [0.1, 0.15) is 50.5 Å². The zero-order valence-corrected chi connectivity index (χ0v) is 12.6. The van der Waals surface area contributed by atoms with Crippen molar-refractivity contribution in [1.82, 2.24) is 0 Å². The van der Waals surface area contributed by atoms with Crippen molar-refractivity contribution >= 4 is 5.91 Å². The van der Waals surface area contributed by atoms with Gasteiger partial charge < -0.3 is 5.73 Å². The fourth-order valence-electron chi connectivity index (χ4n) is 3.04. The summed E-state index contributed by atoms with van der Waals surface area (Å²) in [5, 5.41) is 0. The number of nitrogens with two attached hydrogens (primary N) is 1. The van der Waals surface area contributed by atoms with E-state index < -0.39 is 0 Å². The van der Waals surface area contributed by atoms with E-state index in [4.69, 9.17) is 5.73 Å². The number of carbonyl (C=O) groups is 1. The van der Waals surface area contributed by atoms with Gasteiger partial charge in [-0.2, -0.15) is 0 Å². The van der Waals surface area contributed by atoms with Gasteiger partial charge in [0, 0.05) is 11.8 Å². The van der Waals surface area contributed by atoms with Crippen LogP contribution in [0.25, 0.3) is 0 Å². The lowest BCUT2D eigenvalue weighted by Crippen LogP contribution is -2.33. The number of carbonyl (C=O) groups excluding carboxylic acids is 1. The lowest BCUT2D eigenvalue weighted by Gasteiger charge is -2.35. The lowest BCUT2D eigenvalue weighted by molar-refractivity contribution is -0.119. The molecule has 1 aromatic rings. The third-order valence-electron chi connectivity index (χ3n) is 4.02. The van der Waals surface area contributed by atoms with Crippen LogP contribution in [-0.4, -0.2) is 5.91 Å². The van der Waals surface area contributed by atoms with E-state index in [9.17, 15) is 9.18 Å². The van der Waals surface area contributed by atoms with Gasteiger partial charge in [-0.3, -0.25) is 4.79 Å². The molecule has 0 aromatic heterocycles. The summed E-state index contributed by atoms with van der Waals surface area (Å²) in [6.45, 7) is 0. The molecule has 2 N–H and O–H groups in total. The second-order valence-corrected chi connectivity index (χ2v) is 5.46. The minimum absolute atomic E-state index is 0. The normalized spacial score (nSPS) is 17.6. The van der Waals surface area contributed by atoms with Crippen molar-refractivity contribution in [1.29, 1.82) is 0 Å². The van der Waals surface area contributed by atoms with Crippen LogP contribution in [0.4, 0.5) is 4.39 Å². The van der Waals surface area contributed by atoms with Gasteiger partial charge in [0.25, 0.3) is 0 Å². The fraction of sp³-hybridized carbons (Fsp3) is 0.444. The molecule has 0 aliphatic heterocycles. The molecule has 1 aliphatic carbocycles. The highest BCUT2D eigenvalue weighted by atomic mass is 19.1. The second-order valence-electron chi connectivity index (χ2n) is 5.46. The molecule has 3 heteroatoms. The molecule has 115 valence electrons. The van der Waals surface area contributed by atoms with Gasteiger partial charge in [0.1, 0.15) is 5.82 Å². The number of hydrogen-bond donors (Lipinski definition) is 1. The Morgan fingerprint density at radius 3 is 2.33 bits per heavy atom. The predicted molar refractivity (Wildman–Crippen MR) is 84.6 cm³/mol. The molecule has 21 heavy (non-hydrogen) atoms. The molecule has 5 radical (unpaired) electrons. The molecule has 0 saturated heterocycles. The minimum atomic E-state index is -0.306. The van der Waals surface area contributed by atoms with Crippen LogP contribution in [0.5, 0.6) is 0 Å². The molecule has 1 aromatic carbocycles. The first-order chi connectivity index (χ1) is 9.12. The van der Waals surface area contributed by atoms with Crippen molar-refractivity contribution in [3.05, 3.63) is 56.9 Å². The molecule has 1 amide bonds. The largest absolute Gasteiger partial charge is 0.370 e. The monoisotopic (exact) mass is 290 g/mol. The van der Waals surface area contributed by atoms with Crippen LogP contribution in [0.3, 0.4) is 0 Å². The van der Waals surface area contributed by atoms with E-state index in [-0.39, 0.29) is 32.0 Å². The van der Waals surface area contributed by atoms with Crippen LogP contribution in [-0.2, 0) is 10.2 Å². The van der Waals surface area contributed by atoms with Crippen LogP contribution in [0.2, 0.25) is 0 Å². The van der Waals surface area contributed by atoms with E-state index in [0.717, 1.165) is 31.2 Å². The molecule has 0 spiro atoms. The Morgan fingerprint density at radius 2 is 1.71 bits per heavy atom. The highest BCUT2D eigenvalue weighted by Crippen LogP contribution is 2.39. The van der Waals surface area contributed by atoms with Gasteiger partial charge >= 0.3 is 0 Å². The maximum Gasteiger partial charge on any atom is 0.218 e. The van der Waals surface area contributed by atoms with Crippen LogP contribution >= 0.6 is 0 Å². The average Bonchev–Trinajstić information content (AvgIpc) is 2.33. The highest BCUT2D eigenvalue weighted by molar-refractivity contribution is 5.76. The SMILES string of the molecule is NC(=O)CC1(c2ccc(F)cc2)[CH]CCCCCC1.[CH2].[CH2]. The summed E-state index contributed by atoms with van der Waals surface area (Å²) >= 11 is 0. The number of amides is 1. The lowest BCUT2D eigenvalue weighted by atomic mass is 9.69. The molecule has 2 rings (SSSR count). The molecular weight excluding hydrogens is 265 g/mol. The summed E-state index contributed by atoms with van der Waals surface area (Å²) in [6.07, 6.45) is 9.12. The summed E-state index contributed by atoms with van der Waals surface area (Å²) < 4.78 is 13.1. The summed E-state index contributed by atoms with van der Waals surface area (Å²) in [5.74, 6) is -0.537. The van der Waals surface area contributed by atoms with E-state index in [2.05, 4.69) is 6.42 Å². The van der Waals surface area contributed by atoms with Crippen molar-refractivity contribution in [2.75, 3.05) is 0 Å². The second kappa shape index (κ2) is 8.81. The van der Waals surface area contributed by atoms with Gasteiger partial charge in [-0.1, -0.05) is 52.7 Å². The van der Waals surface area contributed by atoms with Gasteiger partial charge in [0.05, 0.1) is 0 Å². The maximum absolute atomic E-state index is 13.1. The third-order valence-corrected chi connectivity index (χ3v) is 4.02. The van der Waals surface area contributed by atoms with Crippen LogP contribution in [0, 0.1) is 27.1 Å². The number of halogens is 1. The molecule has 1 atom stereocenters. The first kappa shape index (κ1) is 19.6. The number of benzene rings is 1. The van der Waals surface area contributed by atoms with Crippen LogP contribution in [0.15, 0.2) is 24.3 Å². The zero-order chi connectivity index (χ0) is 13.7. The Labute approximate surface area is 128 Å². The van der Waals surface area contributed by atoms with E-state index >= 15 is 0 Å². The fourth-order valence-corrected chi connectivity index (χ4v) is 3.04. The van der Waals surface area contributed by atoms with Gasteiger partial charge in [-0.25, -0.2) is 4.39 Å². The molecule has 2 nitrogen and oxygen atoms in total.